The molecule has 0 aliphatic carbocycles. The standard InChI is InChI=1S/C10H7ClN2O2/c11-9-2-1-8(15-9)10(14)13-7-3-5-12-6-4-7/h1-6H,(H,12,13,14). The van der Waals surface area contributed by atoms with Gasteiger partial charge in [0.2, 0.25) is 0 Å². The van der Waals surface area contributed by atoms with Gasteiger partial charge in [-0.15, -0.1) is 0 Å². The van der Waals surface area contributed by atoms with Crippen molar-refractivity contribution in [2.75, 3.05) is 5.32 Å². The van der Waals surface area contributed by atoms with Crippen molar-refractivity contribution >= 4 is 23.2 Å². The Morgan fingerprint density at radius 2 is 2.00 bits per heavy atom. The van der Waals surface area contributed by atoms with Crippen LogP contribution in [0.15, 0.2) is 41.1 Å². The molecule has 0 aliphatic heterocycles. The summed E-state index contributed by atoms with van der Waals surface area (Å²) in [5, 5.41) is 2.83. The van der Waals surface area contributed by atoms with E-state index < -0.39 is 0 Å². The van der Waals surface area contributed by atoms with Crippen LogP contribution < -0.4 is 5.32 Å². The number of aromatic nitrogens is 1. The van der Waals surface area contributed by atoms with Gasteiger partial charge in [-0.25, -0.2) is 0 Å². The number of carbonyl (C=O) groups is 1. The first-order valence-corrected chi connectivity index (χ1v) is 4.60. The topological polar surface area (TPSA) is 55.1 Å². The maximum absolute atomic E-state index is 11.5. The molecule has 1 N–H and O–H groups in total. The first-order chi connectivity index (χ1) is 7.25. The molecular weight excluding hydrogens is 216 g/mol. The van der Waals surface area contributed by atoms with Crippen LogP contribution in [-0.2, 0) is 0 Å². The second-order valence-corrected chi connectivity index (χ2v) is 3.17. The van der Waals surface area contributed by atoms with Crippen LogP contribution in [-0.4, -0.2) is 10.9 Å². The molecule has 1 amide bonds. The first kappa shape index (κ1) is 9.73. The van der Waals surface area contributed by atoms with Crippen LogP contribution in [0.1, 0.15) is 10.6 Å². The number of rotatable bonds is 2. The van der Waals surface area contributed by atoms with Gasteiger partial charge in [0.15, 0.2) is 11.0 Å². The predicted molar refractivity (Wildman–Crippen MR) is 55.9 cm³/mol. The van der Waals surface area contributed by atoms with Gasteiger partial charge in [-0.1, -0.05) is 0 Å². The highest BCUT2D eigenvalue weighted by Crippen LogP contribution is 2.14. The van der Waals surface area contributed by atoms with Crippen LogP contribution in [0.5, 0.6) is 0 Å². The Hall–Kier alpha value is -1.81. The summed E-state index contributed by atoms with van der Waals surface area (Å²) in [7, 11) is 0. The monoisotopic (exact) mass is 222 g/mol. The molecule has 0 aromatic carbocycles. The Bertz CT molecular complexity index is 467. The summed E-state index contributed by atoms with van der Waals surface area (Å²) in [6, 6.07) is 6.40. The van der Waals surface area contributed by atoms with E-state index in [9.17, 15) is 4.79 Å². The van der Waals surface area contributed by atoms with Crippen LogP contribution in [0, 0.1) is 0 Å². The lowest BCUT2D eigenvalue weighted by Crippen LogP contribution is -2.10. The van der Waals surface area contributed by atoms with Crippen LogP contribution in [0.3, 0.4) is 0 Å². The average Bonchev–Trinajstić information content (AvgIpc) is 2.66. The van der Waals surface area contributed by atoms with Gasteiger partial charge in [0, 0.05) is 18.1 Å². The zero-order valence-electron chi connectivity index (χ0n) is 7.61. The third kappa shape index (κ3) is 2.35. The zero-order chi connectivity index (χ0) is 10.7. The number of halogens is 1. The fourth-order valence-electron chi connectivity index (χ4n) is 1.06. The van der Waals surface area contributed by atoms with Gasteiger partial charge >= 0.3 is 0 Å². The average molecular weight is 223 g/mol. The fourth-order valence-corrected chi connectivity index (χ4v) is 1.21. The van der Waals surface area contributed by atoms with E-state index in [1.807, 2.05) is 0 Å². The van der Waals surface area contributed by atoms with Crippen LogP contribution >= 0.6 is 11.6 Å². The van der Waals surface area contributed by atoms with Crippen molar-refractivity contribution in [3.63, 3.8) is 0 Å². The summed E-state index contributed by atoms with van der Waals surface area (Å²) >= 11 is 5.55. The zero-order valence-corrected chi connectivity index (χ0v) is 8.36. The van der Waals surface area contributed by atoms with Crippen molar-refractivity contribution in [1.82, 2.24) is 4.98 Å². The van der Waals surface area contributed by atoms with Gasteiger partial charge in [0.05, 0.1) is 0 Å². The van der Waals surface area contributed by atoms with E-state index in [0.29, 0.717) is 5.69 Å². The summed E-state index contributed by atoms with van der Waals surface area (Å²) in [6.45, 7) is 0. The lowest BCUT2D eigenvalue weighted by atomic mass is 10.3. The molecular formula is C10H7ClN2O2. The number of carbonyl (C=O) groups excluding carboxylic acids is 1. The minimum atomic E-state index is -0.340. The van der Waals surface area contributed by atoms with Crippen molar-refractivity contribution in [1.29, 1.82) is 0 Å². The molecule has 76 valence electrons. The van der Waals surface area contributed by atoms with E-state index in [0.717, 1.165) is 0 Å². The van der Waals surface area contributed by atoms with E-state index >= 15 is 0 Å². The van der Waals surface area contributed by atoms with Crippen LogP contribution in [0.25, 0.3) is 0 Å². The molecule has 4 nitrogen and oxygen atoms in total. The molecule has 2 rings (SSSR count). The Morgan fingerprint density at radius 3 is 2.60 bits per heavy atom. The smallest absolute Gasteiger partial charge is 0.291 e. The highest BCUT2D eigenvalue weighted by molar-refractivity contribution is 6.29. The largest absolute Gasteiger partial charge is 0.440 e. The van der Waals surface area contributed by atoms with E-state index in [2.05, 4.69) is 10.3 Å². The molecule has 0 saturated carbocycles. The molecule has 0 bridgehead atoms. The maximum atomic E-state index is 11.5. The predicted octanol–water partition coefficient (Wildman–Crippen LogP) is 2.58. The van der Waals surface area contributed by atoms with Crippen LogP contribution in [0.4, 0.5) is 5.69 Å². The molecule has 5 heteroatoms. The molecule has 15 heavy (non-hydrogen) atoms. The normalized spacial score (nSPS) is 9.93. The number of amides is 1. The molecule has 0 radical (unpaired) electrons. The van der Waals surface area contributed by atoms with Gasteiger partial charge in [0.25, 0.3) is 5.91 Å². The Labute approximate surface area is 90.9 Å². The third-order valence-electron chi connectivity index (χ3n) is 1.74. The van der Waals surface area contributed by atoms with Crippen molar-refractivity contribution < 1.29 is 9.21 Å². The molecule has 0 fully saturated rings. The summed E-state index contributed by atoms with van der Waals surface area (Å²) in [6.07, 6.45) is 3.18. The Morgan fingerprint density at radius 1 is 1.27 bits per heavy atom. The van der Waals surface area contributed by atoms with Crippen molar-refractivity contribution in [2.24, 2.45) is 0 Å². The molecule has 0 aliphatic rings. The number of nitrogens with zero attached hydrogens (tertiary/aromatic N) is 1. The number of pyridine rings is 1. The summed E-state index contributed by atoms with van der Waals surface area (Å²) in [5.74, 6) is -0.162. The van der Waals surface area contributed by atoms with Gasteiger partial charge in [0.1, 0.15) is 0 Å². The summed E-state index contributed by atoms with van der Waals surface area (Å²) in [4.78, 5) is 15.4. The molecule has 2 aromatic heterocycles. The van der Waals surface area contributed by atoms with E-state index in [1.54, 1.807) is 24.5 Å². The molecule has 0 spiro atoms. The minimum absolute atomic E-state index is 0.178. The minimum Gasteiger partial charge on any atom is -0.440 e. The van der Waals surface area contributed by atoms with Gasteiger partial charge < -0.3 is 9.73 Å². The molecule has 0 atom stereocenters. The SMILES string of the molecule is O=C(Nc1ccncc1)c1ccc(Cl)o1. The first-order valence-electron chi connectivity index (χ1n) is 4.22. The number of hydrogen-bond acceptors (Lipinski definition) is 3. The van der Waals surface area contributed by atoms with Crippen molar-refractivity contribution in [2.45, 2.75) is 0 Å². The number of nitrogens with one attached hydrogen (secondary N) is 1. The molecule has 2 heterocycles. The van der Waals surface area contributed by atoms with Gasteiger partial charge in [-0.05, 0) is 35.9 Å². The Kier molecular flexibility index (Phi) is 2.69. The number of anilines is 1. The van der Waals surface area contributed by atoms with E-state index in [4.69, 9.17) is 16.0 Å². The maximum Gasteiger partial charge on any atom is 0.291 e. The highest BCUT2D eigenvalue weighted by Gasteiger charge is 2.10. The quantitative estimate of drug-likeness (QED) is 0.850. The van der Waals surface area contributed by atoms with Crippen molar-refractivity contribution in [3.8, 4) is 0 Å². The van der Waals surface area contributed by atoms with Crippen molar-refractivity contribution in [3.05, 3.63) is 47.6 Å². The number of hydrogen-bond donors (Lipinski definition) is 1. The molecule has 0 unspecified atom stereocenters. The second-order valence-electron chi connectivity index (χ2n) is 2.79. The van der Waals surface area contributed by atoms with E-state index in [-0.39, 0.29) is 16.9 Å². The second kappa shape index (κ2) is 4.14. The third-order valence-corrected chi connectivity index (χ3v) is 1.94. The molecule has 0 saturated heterocycles. The van der Waals surface area contributed by atoms with E-state index in [1.165, 1.54) is 12.1 Å². The highest BCUT2D eigenvalue weighted by atomic mass is 35.5. The lowest BCUT2D eigenvalue weighted by Gasteiger charge is -2.01. The lowest BCUT2D eigenvalue weighted by molar-refractivity contribution is 0.0997. The Balaban J connectivity index is 2.11. The van der Waals surface area contributed by atoms with Gasteiger partial charge in [-0.3, -0.25) is 9.78 Å². The summed E-state index contributed by atoms with van der Waals surface area (Å²) < 4.78 is 4.96. The summed E-state index contributed by atoms with van der Waals surface area (Å²) in [5.41, 5.74) is 0.655. The molecule has 2 aromatic rings. The van der Waals surface area contributed by atoms with Gasteiger partial charge in [-0.2, -0.15) is 0 Å². The number of furan rings is 1. The fraction of sp³-hybridized carbons (Fsp3) is 0. The van der Waals surface area contributed by atoms with Crippen LogP contribution in [0.2, 0.25) is 5.22 Å².